The maximum Gasteiger partial charge on any atom is 0.410 e. The number of ether oxygens (including phenoxy) is 3. The number of hydrogen-bond donors (Lipinski definition) is 0. The van der Waals surface area contributed by atoms with E-state index in [2.05, 4.69) is 6.07 Å². The van der Waals surface area contributed by atoms with Crippen LogP contribution in [-0.4, -0.2) is 42.9 Å². The van der Waals surface area contributed by atoms with Crippen molar-refractivity contribution in [3.05, 3.63) is 23.8 Å². The molecule has 0 bridgehead atoms. The van der Waals surface area contributed by atoms with Gasteiger partial charge in [0.05, 0.1) is 24.7 Å². The van der Waals surface area contributed by atoms with Crippen LogP contribution in [0.5, 0.6) is 11.5 Å². The molecule has 2 unspecified atom stereocenters. The maximum atomic E-state index is 12.6. The number of benzene rings is 1. The van der Waals surface area contributed by atoms with Gasteiger partial charge >= 0.3 is 6.09 Å². The fourth-order valence-electron chi connectivity index (χ4n) is 4.74. The Morgan fingerprint density at radius 1 is 1.16 bits per heavy atom. The summed E-state index contributed by atoms with van der Waals surface area (Å²) in [7, 11) is 3.41. The molecular formula is C25H36N2O4. The molecule has 170 valence electrons. The first-order valence-corrected chi connectivity index (χ1v) is 11.4. The summed E-state index contributed by atoms with van der Waals surface area (Å²) in [6.45, 7) is 5.59. The Labute approximate surface area is 186 Å². The summed E-state index contributed by atoms with van der Waals surface area (Å²) in [5.41, 5.74) is -0.278. The summed E-state index contributed by atoms with van der Waals surface area (Å²) in [5.74, 6) is 1.41. The van der Waals surface area contributed by atoms with Gasteiger partial charge in [-0.3, -0.25) is 0 Å². The van der Waals surface area contributed by atoms with Crippen molar-refractivity contribution in [2.45, 2.75) is 95.3 Å². The minimum Gasteiger partial charge on any atom is -0.493 e. The highest BCUT2D eigenvalue weighted by Crippen LogP contribution is 2.44. The van der Waals surface area contributed by atoms with Gasteiger partial charge in [0.2, 0.25) is 0 Å². The Hall–Kier alpha value is -2.42. The average molecular weight is 429 g/mol. The molecule has 2 saturated carbocycles. The van der Waals surface area contributed by atoms with Gasteiger partial charge in [-0.05, 0) is 89.8 Å². The molecule has 2 aliphatic rings. The molecule has 31 heavy (non-hydrogen) atoms. The van der Waals surface area contributed by atoms with E-state index in [9.17, 15) is 10.1 Å². The van der Waals surface area contributed by atoms with Crippen molar-refractivity contribution in [3.63, 3.8) is 0 Å². The van der Waals surface area contributed by atoms with Crippen molar-refractivity contribution in [2.75, 3.05) is 14.2 Å². The van der Waals surface area contributed by atoms with Crippen molar-refractivity contribution >= 4 is 6.09 Å². The number of nitrogens with zero attached hydrogens (tertiary/aromatic N) is 2. The molecule has 1 amide bonds. The molecule has 0 saturated heterocycles. The van der Waals surface area contributed by atoms with E-state index in [1.807, 2.05) is 39.0 Å². The lowest BCUT2D eigenvalue weighted by Gasteiger charge is -2.40. The number of nitriles is 1. The van der Waals surface area contributed by atoms with Crippen LogP contribution >= 0.6 is 0 Å². The first-order valence-electron chi connectivity index (χ1n) is 11.4. The zero-order valence-corrected chi connectivity index (χ0v) is 19.6. The van der Waals surface area contributed by atoms with Crippen molar-refractivity contribution in [1.82, 2.24) is 4.90 Å². The third-order valence-electron chi connectivity index (χ3n) is 6.48. The zero-order valence-electron chi connectivity index (χ0n) is 19.6. The standard InChI is InChI=1S/C25H36N2O4/c1-24(2,3)31-23(28)27(4)19-9-8-14-25(16-19,17-26)18-12-13-21(29-5)22(15-18)30-20-10-6-7-11-20/h12-13,15,19-20H,6-11,14,16H2,1-5H3. The molecule has 0 radical (unpaired) electrons. The van der Waals surface area contributed by atoms with Gasteiger partial charge in [0.15, 0.2) is 11.5 Å². The van der Waals surface area contributed by atoms with Crippen LogP contribution in [0, 0.1) is 11.3 Å². The Morgan fingerprint density at radius 3 is 2.48 bits per heavy atom. The number of rotatable bonds is 5. The second kappa shape index (κ2) is 9.38. The minimum atomic E-state index is -0.667. The first kappa shape index (κ1) is 23.2. The van der Waals surface area contributed by atoms with Crippen molar-refractivity contribution < 1.29 is 19.0 Å². The molecule has 1 aromatic rings. The molecule has 2 aliphatic carbocycles. The molecule has 1 aromatic carbocycles. The summed E-state index contributed by atoms with van der Waals surface area (Å²) in [5, 5.41) is 10.3. The Kier molecular flexibility index (Phi) is 7.03. The van der Waals surface area contributed by atoms with Crippen molar-refractivity contribution in [1.29, 1.82) is 5.26 Å². The highest BCUT2D eigenvalue weighted by Gasteiger charge is 2.41. The van der Waals surface area contributed by atoms with Crippen molar-refractivity contribution in [2.24, 2.45) is 0 Å². The summed E-state index contributed by atoms with van der Waals surface area (Å²) in [6, 6.07) is 8.39. The third-order valence-corrected chi connectivity index (χ3v) is 6.48. The van der Waals surface area contributed by atoms with Gasteiger partial charge in [-0.2, -0.15) is 5.26 Å². The van der Waals surface area contributed by atoms with Crippen LogP contribution in [0.1, 0.15) is 77.7 Å². The monoisotopic (exact) mass is 428 g/mol. The number of carbonyl (C=O) groups is 1. The van der Waals surface area contributed by atoms with Gasteiger partial charge < -0.3 is 19.1 Å². The molecule has 2 fully saturated rings. The van der Waals surface area contributed by atoms with E-state index in [-0.39, 0.29) is 18.2 Å². The number of hydrogen-bond acceptors (Lipinski definition) is 5. The van der Waals surface area contributed by atoms with E-state index in [0.717, 1.165) is 37.7 Å². The molecule has 6 heteroatoms. The van der Waals surface area contributed by atoms with Crippen molar-refractivity contribution in [3.8, 4) is 17.6 Å². The van der Waals surface area contributed by atoms with Gasteiger partial charge in [0.1, 0.15) is 5.60 Å². The number of amides is 1. The second-order valence-corrected chi connectivity index (χ2v) is 9.93. The smallest absolute Gasteiger partial charge is 0.410 e. The molecule has 0 aliphatic heterocycles. The fourth-order valence-corrected chi connectivity index (χ4v) is 4.74. The van der Waals surface area contributed by atoms with E-state index < -0.39 is 11.0 Å². The normalized spacial score (nSPS) is 24.3. The molecule has 6 nitrogen and oxygen atoms in total. The average Bonchev–Trinajstić information content (AvgIpc) is 3.25. The molecular weight excluding hydrogens is 392 g/mol. The van der Waals surface area contributed by atoms with Crippen LogP contribution in [0.25, 0.3) is 0 Å². The van der Waals surface area contributed by atoms with Gasteiger partial charge in [-0.1, -0.05) is 6.07 Å². The third kappa shape index (κ3) is 5.44. The Balaban J connectivity index is 1.83. The summed E-state index contributed by atoms with van der Waals surface area (Å²) < 4.78 is 17.3. The van der Waals surface area contributed by atoms with Gasteiger partial charge in [-0.15, -0.1) is 0 Å². The quantitative estimate of drug-likeness (QED) is 0.611. The molecule has 2 atom stereocenters. The Morgan fingerprint density at radius 2 is 1.87 bits per heavy atom. The van der Waals surface area contributed by atoms with E-state index in [1.165, 1.54) is 12.8 Å². The van der Waals surface area contributed by atoms with E-state index in [4.69, 9.17) is 14.2 Å². The molecule has 0 spiro atoms. The highest BCUT2D eigenvalue weighted by atomic mass is 16.6. The van der Waals surface area contributed by atoms with Crippen LogP contribution < -0.4 is 9.47 Å². The van der Waals surface area contributed by atoms with Gasteiger partial charge in [0, 0.05) is 13.1 Å². The Bertz CT molecular complexity index is 820. The van der Waals surface area contributed by atoms with Crippen LogP contribution in [0.3, 0.4) is 0 Å². The summed E-state index contributed by atoms with van der Waals surface area (Å²) in [4.78, 5) is 14.3. The lowest BCUT2D eigenvalue weighted by atomic mass is 9.68. The predicted molar refractivity (Wildman–Crippen MR) is 119 cm³/mol. The van der Waals surface area contributed by atoms with Crippen LogP contribution in [0.15, 0.2) is 18.2 Å². The zero-order chi connectivity index (χ0) is 22.6. The topological polar surface area (TPSA) is 71.8 Å². The first-order chi connectivity index (χ1) is 14.7. The lowest BCUT2D eigenvalue weighted by molar-refractivity contribution is 0.0165. The molecule has 0 heterocycles. The second-order valence-electron chi connectivity index (χ2n) is 9.93. The number of carbonyl (C=O) groups excluding carboxylic acids is 1. The highest BCUT2D eigenvalue weighted by molar-refractivity contribution is 5.68. The van der Waals surface area contributed by atoms with Gasteiger partial charge in [0.25, 0.3) is 0 Å². The fraction of sp³-hybridized carbons (Fsp3) is 0.680. The molecule has 0 aromatic heterocycles. The van der Waals surface area contributed by atoms with Crippen LogP contribution in [0.2, 0.25) is 0 Å². The summed E-state index contributed by atoms with van der Waals surface area (Å²) in [6.07, 6.45) is 7.42. The SMILES string of the molecule is COc1ccc(C2(C#N)CCCC(N(C)C(=O)OC(C)(C)C)C2)cc1OC1CCCC1. The van der Waals surface area contributed by atoms with E-state index in [1.54, 1.807) is 19.1 Å². The van der Waals surface area contributed by atoms with E-state index in [0.29, 0.717) is 17.9 Å². The maximum absolute atomic E-state index is 12.6. The number of methoxy groups -OCH3 is 1. The minimum absolute atomic E-state index is 0.0513. The van der Waals surface area contributed by atoms with Gasteiger partial charge in [-0.25, -0.2) is 4.79 Å². The predicted octanol–water partition coefficient (Wildman–Crippen LogP) is 5.59. The van der Waals surface area contributed by atoms with Crippen LogP contribution in [0.4, 0.5) is 4.79 Å². The largest absolute Gasteiger partial charge is 0.493 e. The van der Waals surface area contributed by atoms with Crippen LogP contribution in [-0.2, 0) is 10.2 Å². The molecule has 0 N–H and O–H groups in total. The van der Waals surface area contributed by atoms with E-state index >= 15 is 0 Å². The molecule has 3 rings (SSSR count). The lowest BCUT2D eigenvalue weighted by Crippen LogP contribution is -2.46. The summed E-state index contributed by atoms with van der Waals surface area (Å²) >= 11 is 0.